The highest BCUT2D eigenvalue weighted by Gasteiger charge is 2.54. The van der Waals surface area contributed by atoms with Crippen LogP contribution in [-0.4, -0.2) is 226 Å². The predicted molar refractivity (Wildman–Crippen MR) is 354 cm³/mol. The van der Waals surface area contributed by atoms with Gasteiger partial charge in [-0.05, 0) is 90.4 Å². The minimum Gasteiger partial charge on any atom is -0.462 e. The molecule has 0 bridgehead atoms. The van der Waals surface area contributed by atoms with Gasteiger partial charge in [0.1, 0.15) is 73.8 Å². The van der Waals surface area contributed by atoms with Gasteiger partial charge in [-0.3, -0.25) is 28.2 Å². The Labute approximate surface area is 569 Å². The van der Waals surface area contributed by atoms with Crippen molar-refractivity contribution < 1.29 is 122 Å². The second-order valence-corrected chi connectivity index (χ2v) is 26.9. The number of hydrogen-bond acceptors (Lipinski definition) is 24. The maximum atomic E-state index is 13.0. The number of aliphatic hydroxyl groups is 9. The summed E-state index contributed by atoms with van der Waals surface area (Å²) < 4.78 is 68.9. The quantitative estimate of drug-likeness (QED) is 0.0137. The molecule has 0 spiro atoms. The number of allylic oxidation sites excluding steroid dienone is 4. The average Bonchev–Trinajstić information content (AvgIpc) is 0.779. The van der Waals surface area contributed by atoms with Crippen LogP contribution in [0.25, 0.3) is 0 Å². The van der Waals surface area contributed by atoms with Crippen molar-refractivity contribution in [2.75, 3.05) is 52.7 Å². The highest BCUT2D eigenvalue weighted by Crippen LogP contribution is 2.43. The smallest absolute Gasteiger partial charge is 0.462 e. The van der Waals surface area contributed by atoms with Crippen molar-refractivity contribution in [2.45, 2.75) is 331 Å². The molecule has 560 valence electrons. The van der Waals surface area contributed by atoms with Crippen LogP contribution in [0.4, 0.5) is 0 Å². The van der Waals surface area contributed by atoms with Crippen LogP contribution in [0.1, 0.15) is 233 Å². The molecular weight excluding hydrogens is 1280 g/mol. The Hall–Kier alpha value is -3.13. The van der Waals surface area contributed by atoms with Gasteiger partial charge in [0.15, 0.2) is 25.0 Å². The van der Waals surface area contributed by atoms with Gasteiger partial charge < -0.3 is 99.4 Å². The number of unbranched alkanes of at least 4 members (excludes halogenated alkanes) is 23. The van der Waals surface area contributed by atoms with Crippen molar-refractivity contribution in [1.82, 2.24) is 10.6 Å². The monoisotopic (exact) mass is 1400 g/mol. The molecule has 0 aromatic carbocycles. The van der Waals surface area contributed by atoms with E-state index < -0.39 is 150 Å². The van der Waals surface area contributed by atoms with Crippen LogP contribution in [0.2, 0.25) is 0 Å². The molecule has 27 nitrogen and oxygen atoms in total. The van der Waals surface area contributed by atoms with E-state index >= 15 is 0 Å². The molecule has 0 aliphatic carbocycles. The van der Waals surface area contributed by atoms with E-state index in [0.29, 0.717) is 25.7 Å². The number of carbonyl (C=O) groups excluding carboxylic acids is 4. The van der Waals surface area contributed by atoms with Crippen molar-refractivity contribution in [3.8, 4) is 0 Å². The van der Waals surface area contributed by atoms with Crippen LogP contribution in [0, 0.1) is 0 Å². The summed E-state index contributed by atoms with van der Waals surface area (Å²) in [6.45, 7) is 2.61. The molecule has 12 N–H and O–H groups in total. The van der Waals surface area contributed by atoms with Crippen LogP contribution in [0.3, 0.4) is 0 Å². The number of ether oxygens (including phenoxy) is 8. The predicted octanol–water partition coefficient (Wildman–Crippen LogP) is 6.33. The molecule has 3 fully saturated rings. The van der Waals surface area contributed by atoms with Crippen molar-refractivity contribution in [2.24, 2.45) is 0 Å². The first kappa shape index (κ1) is 87.1. The molecule has 3 aliphatic rings. The third kappa shape index (κ3) is 37.0. The molecule has 0 aromatic heterocycles. The number of carbonyl (C=O) groups is 4. The zero-order chi connectivity index (χ0) is 70.4. The Morgan fingerprint density at radius 1 is 0.458 bits per heavy atom. The van der Waals surface area contributed by atoms with Crippen molar-refractivity contribution in [1.29, 1.82) is 0 Å². The van der Waals surface area contributed by atoms with Crippen LogP contribution in [0.5, 0.6) is 0 Å². The minimum atomic E-state index is -4.74. The van der Waals surface area contributed by atoms with Gasteiger partial charge in [-0.1, -0.05) is 141 Å². The van der Waals surface area contributed by atoms with E-state index in [-0.39, 0.29) is 64.3 Å². The van der Waals surface area contributed by atoms with Gasteiger partial charge in [0.2, 0.25) is 11.8 Å². The zero-order valence-electron chi connectivity index (χ0n) is 57.6. The van der Waals surface area contributed by atoms with Crippen molar-refractivity contribution in [3.63, 3.8) is 0 Å². The molecule has 3 heterocycles. The number of amides is 2. The molecule has 96 heavy (non-hydrogen) atoms. The standard InChI is InChI=1S/C68H123N2O25P/c1-4-6-8-10-12-14-16-18-20-22-24-26-28-30-32-39-55(75)87-47-50(91-56(76)40-33-31-29-27-25-23-21-19-17-15-13-11-9-7-5-2)48-89-96(84,85)88-44-42-70-54(74)38-35-34-37-53(73)69-41-36-43-86-68-65(95-66-62(82)60(80)57(77)49(3)90-66)64(59(79)52(46-72)93-68)94-67-63(83)61(81)58(78)51(45-71)92-67/h18-21,49-52,57-68,71-72,77-83H,4-17,22-48H2,1-3H3,(H,69,73)(H,70,74)(H,84,85)/b20-18-,21-19-/t49-,50+,51+,52+,57+,58-,59-,60+,61-,62-,63+,64-,65+,66-,67+,68+/m0/s1. The summed E-state index contributed by atoms with van der Waals surface area (Å²) in [4.78, 5) is 61.5. The van der Waals surface area contributed by atoms with E-state index in [4.69, 9.17) is 46.9 Å². The van der Waals surface area contributed by atoms with Gasteiger partial charge in [0, 0.05) is 38.8 Å². The van der Waals surface area contributed by atoms with E-state index in [9.17, 15) is 74.6 Å². The molecule has 28 heteroatoms. The molecule has 17 atom stereocenters. The first-order chi connectivity index (χ1) is 46.3. The fraction of sp³-hybridized carbons (Fsp3) is 0.882. The molecule has 3 rings (SSSR count). The summed E-state index contributed by atoms with van der Waals surface area (Å²) in [6, 6.07) is 0. The second-order valence-electron chi connectivity index (χ2n) is 25.5. The van der Waals surface area contributed by atoms with E-state index in [1.807, 2.05) is 0 Å². The third-order valence-corrected chi connectivity index (χ3v) is 18.1. The fourth-order valence-electron chi connectivity index (χ4n) is 11.2. The Morgan fingerprint density at radius 3 is 1.43 bits per heavy atom. The molecule has 0 radical (unpaired) electrons. The molecule has 1 unspecified atom stereocenters. The Morgan fingerprint density at radius 2 is 0.896 bits per heavy atom. The van der Waals surface area contributed by atoms with Gasteiger partial charge in [-0.25, -0.2) is 4.57 Å². The molecule has 0 aromatic rings. The highest BCUT2D eigenvalue weighted by atomic mass is 31.2. The normalized spacial score (nSPS) is 27.2. The first-order valence-corrected chi connectivity index (χ1v) is 37.4. The van der Waals surface area contributed by atoms with Crippen molar-refractivity contribution >= 4 is 31.6 Å². The molecule has 2 amide bonds. The number of phosphoric ester groups is 1. The number of aliphatic hydroxyl groups excluding tert-OH is 9. The number of esters is 2. The summed E-state index contributed by atoms with van der Waals surface area (Å²) >= 11 is 0. The van der Waals surface area contributed by atoms with Crippen LogP contribution >= 0.6 is 7.82 Å². The summed E-state index contributed by atoms with van der Waals surface area (Å²) in [5.74, 6) is -1.80. The number of phosphoric acid groups is 1. The van der Waals surface area contributed by atoms with Crippen LogP contribution in [-0.2, 0) is 70.7 Å². The second kappa shape index (κ2) is 52.8. The van der Waals surface area contributed by atoms with Crippen LogP contribution < -0.4 is 10.6 Å². The lowest BCUT2D eigenvalue weighted by Gasteiger charge is -2.48. The van der Waals surface area contributed by atoms with Crippen molar-refractivity contribution in [3.05, 3.63) is 24.3 Å². The lowest BCUT2D eigenvalue weighted by atomic mass is 9.96. The number of nitrogens with one attached hydrogen (secondary N) is 2. The lowest BCUT2D eigenvalue weighted by Crippen LogP contribution is -2.67. The van der Waals surface area contributed by atoms with Gasteiger partial charge in [-0.2, -0.15) is 0 Å². The maximum absolute atomic E-state index is 13.0. The van der Waals surface area contributed by atoms with E-state index in [1.165, 1.54) is 84.0 Å². The third-order valence-electron chi connectivity index (χ3n) is 17.1. The lowest BCUT2D eigenvalue weighted by molar-refractivity contribution is -0.390. The van der Waals surface area contributed by atoms with Crippen LogP contribution in [0.15, 0.2) is 24.3 Å². The molecule has 3 aliphatic heterocycles. The summed E-state index contributed by atoms with van der Waals surface area (Å²) in [5, 5.41) is 99.5. The largest absolute Gasteiger partial charge is 0.472 e. The Kier molecular flexibility index (Phi) is 47.9. The molecule has 3 saturated heterocycles. The van der Waals surface area contributed by atoms with Gasteiger partial charge in [0.05, 0.1) is 39.1 Å². The van der Waals surface area contributed by atoms with Gasteiger partial charge in [-0.15, -0.1) is 0 Å². The maximum Gasteiger partial charge on any atom is 0.472 e. The highest BCUT2D eigenvalue weighted by molar-refractivity contribution is 7.47. The number of hydrogen-bond donors (Lipinski definition) is 12. The Bertz CT molecular complexity index is 2150. The first-order valence-electron chi connectivity index (χ1n) is 35.9. The molecule has 0 saturated carbocycles. The van der Waals surface area contributed by atoms with Gasteiger partial charge in [0.25, 0.3) is 0 Å². The minimum absolute atomic E-state index is 0.0189. The zero-order valence-corrected chi connectivity index (χ0v) is 58.5. The van der Waals surface area contributed by atoms with Gasteiger partial charge >= 0.3 is 19.8 Å². The van der Waals surface area contributed by atoms with E-state index in [0.717, 1.165) is 77.0 Å². The summed E-state index contributed by atoms with van der Waals surface area (Å²) in [5.41, 5.74) is 0. The Balaban J connectivity index is 1.39. The molecular formula is C68H123N2O25P. The summed E-state index contributed by atoms with van der Waals surface area (Å²) in [7, 11) is -4.74. The van der Waals surface area contributed by atoms with E-state index in [1.54, 1.807) is 0 Å². The summed E-state index contributed by atoms with van der Waals surface area (Å²) in [6.07, 6.45) is 13.2. The van der Waals surface area contributed by atoms with E-state index in [2.05, 4.69) is 48.8 Å². The topological polar surface area (TPSA) is 404 Å². The SMILES string of the molecule is CCCCCCCC/C=C\CCCCCCCC(=O)OC[C@H](COP(=O)(O)OCCNC(=O)CCCCC(=O)NCCCO[C@@H]1O[C@H](CO)[C@H](O)[C@H](O[C@H]2O[C@H](CO)[C@H](O)[C@H](O)[C@H]2O)[C@H]1O[C@@H]1O[C@@H](C)[C@@H](O)[C@@H](O)[C@@H]1O)OC(=O)CCCCCCC/C=C\CCCCCCCC. The number of rotatable bonds is 56. The average molecular weight is 1400 g/mol. The fourth-order valence-corrected chi connectivity index (χ4v) is 12.0.